The number of rotatable bonds is 7. The second-order valence-corrected chi connectivity index (χ2v) is 8.17. The van der Waals surface area contributed by atoms with Gasteiger partial charge in [0.2, 0.25) is 6.41 Å². The molecular weight excluding hydrogens is 381 g/mol. The average molecular weight is 405 g/mol. The van der Waals surface area contributed by atoms with Gasteiger partial charge in [-0.05, 0) is 43.4 Å². The Morgan fingerprint density at radius 1 is 1.15 bits per heavy atom. The van der Waals surface area contributed by atoms with Crippen LogP contribution < -0.4 is 5.32 Å². The van der Waals surface area contributed by atoms with Gasteiger partial charge in [0.1, 0.15) is 0 Å². The van der Waals surface area contributed by atoms with E-state index in [1.165, 1.54) is 15.0 Å². The molecular formula is C20H24NO4PS. The number of thiophene rings is 1. The Morgan fingerprint density at radius 3 is 2.59 bits per heavy atom. The van der Waals surface area contributed by atoms with Crippen molar-refractivity contribution in [1.82, 2.24) is 5.32 Å². The molecule has 0 saturated carbocycles. The third kappa shape index (κ3) is 7.75. The zero-order valence-electron chi connectivity index (χ0n) is 15.3. The van der Waals surface area contributed by atoms with Crippen LogP contribution in [0.4, 0.5) is 0 Å². The van der Waals surface area contributed by atoms with Gasteiger partial charge < -0.3 is 19.6 Å². The second kappa shape index (κ2) is 11.1. The van der Waals surface area contributed by atoms with Crippen LogP contribution in [0.3, 0.4) is 0 Å². The van der Waals surface area contributed by atoms with Crippen LogP contribution in [-0.2, 0) is 15.7 Å². The number of fused-ring (bicyclic) bond motifs is 1. The molecule has 5 nitrogen and oxygen atoms in total. The molecule has 0 aliphatic heterocycles. The van der Waals surface area contributed by atoms with Gasteiger partial charge in [0.25, 0.3) is 0 Å². The summed E-state index contributed by atoms with van der Waals surface area (Å²) in [6.07, 6.45) is 1.17. The van der Waals surface area contributed by atoms with Gasteiger partial charge in [-0.2, -0.15) is 0 Å². The van der Waals surface area contributed by atoms with Crippen LogP contribution in [0, 0.1) is 13.8 Å². The van der Waals surface area contributed by atoms with Gasteiger partial charge in [-0.1, -0.05) is 48.0 Å². The van der Waals surface area contributed by atoms with Crippen LogP contribution in [0.1, 0.15) is 16.0 Å². The molecule has 27 heavy (non-hydrogen) atoms. The summed E-state index contributed by atoms with van der Waals surface area (Å²) in [7, 11) is -2.38. The fourth-order valence-corrected chi connectivity index (χ4v) is 3.89. The first kappa shape index (κ1) is 21.5. The van der Waals surface area contributed by atoms with Crippen LogP contribution in [0.2, 0.25) is 0 Å². The predicted molar refractivity (Wildman–Crippen MR) is 112 cm³/mol. The molecule has 1 aromatic heterocycles. The van der Waals surface area contributed by atoms with Crippen LogP contribution >= 0.6 is 19.9 Å². The largest absolute Gasteiger partial charge is 0.353 e. The summed E-state index contributed by atoms with van der Waals surface area (Å²) in [4.78, 5) is 29.1. The first-order valence-corrected chi connectivity index (χ1v) is 10.5. The summed E-state index contributed by atoms with van der Waals surface area (Å²) < 4.78 is 6.10. The highest BCUT2D eigenvalue weighted by Crippen LogP contribution is 2.25. The van der Waals surface area contributed by atoms with E-state index in [4.69, 9.17) is 14.3 Å². The molecule has 1 atom stereocenters. The van der Waals surface area contributed by atoms with Crippen molar-refractivity contribution in [3.63, 3.8) is 0 Å². The number of amides is 1. The number of carbonyl (C=O) groups excluding carboxylic acids is 1. The van der Waals surface area contributed by atoms with Gasteiger partial charge in [0.05, 0.1) is 12.6 Å². The Hall–Kier alpha value is -1.82. The Bertz CT molecular complexity index is 820. The molecule has 1 heterocycles. The molecule has 1 amide bonds. The summed E-state index contributed by atoms with van der Waals surface area (Å²) >= 11 is 1.85. The van der Waals surface area contributed by atoms with Crippen LogP contribution in [0.15, 0.2) is 54.6 Å². The van der Waals surface area contributed by atoms with Gasteiger partial charge in [-0.25, -0.2) is 0 Å². The van der Waals surface area contributed by atoms with E-state index in [1.807, 2.05) is 42.5 Å². The maximum absolute atomic E-state index is 10.4. The van der Waals surface area contributed by atoms with E-state index in [0.717, 1.165) is 11.1 Å². The first-order valence-electron chi connectivity index (χ1n) is 8.49. The molecule has 1 unspecified atom stereocenters. The van der Waals surface area contributed by atoms with E-state index in [1.54, 1.807) is 0 Å². The van der Waals surface area contributed by atoms with E-state index >= 15 is 0 Å². The van der Waals surface area contributed by atoms with Crippen molar-refractivity contribution in [1.29, 1.82) is 0 Å². The molecule has 3 N–H and O–H groups in total. The summed E-state index contributed by atoms with van der Waals surface area (Å²) in [5.74, 6) is 0. The lowest BCUT2D eigenvalue weighted by Gasteiger charge is -2.16. The highest BCUT2D eigenvalue weighted by molar-refractivity contribution is 7.39. The number of carbonyl (C=O) groups is 1. The zero-order chi connectivity index (χ0) is 19.6. The maximum atomic E-state index is 10.4. The lowest BCUT2D eigenvalue weighted by Crippen LogP contribution is -2.34. The topological polar surface area (TPSA) is 78.8 Å². The number of nitrogens with one attached hydrogen (secondary N) is 1. The Kier molecular flexibility index (Phi) is 8.85. The highest BCUT2D eigenvalue weighted by Gasteiger charge is 2.11. The Morgan fingerprint density at radius 2 is 1.93 bits per heavy atom. The van der Waals surface area contributed by atoms with Gasteiger partial charge in [0, 0.05) is 9.58 Å². The highest BCUT2D eigenvalue weighted by atomic mass is 32.1. The molecule has 144 valence electrons. The van der Waals surface area contributed by atoms with Crippen molar-refractivity contribution < 1.29 is 19.1 Å². The molecule has 0 bridgehead atoms. The third-order valence-corrected chi connectivity index (χ3v) is 5.22. The van der Waals surface area contributed by atoms with E-state index in [2.05, 4.69) is 42.6 Å². The van der Waals surface area contributed by atoms with Gasteiger partial charge in [-0.15, -0.1) is 11.3 Å². The van der Waals surface area contributed by atoms with Crippen molar-refractivity contribution in [2.24, 2.45) is 0 Å². The summed E-state index contributed by atoms with van der Waals surface area (Å²) in [5.41, 5.74) is 2.20. The Labute approximate surface area is 164 Å². The lowest BCUT2D eigenvalue weighted by molar-refractivity contribution is -0.110. The molecule has 0 aliphatic carbocycles. The molecule has 3 rings (SSSR count). The van der Waals surface area contributed by atoms with Gasteiger partial charge in [-0.3, -0.25) is 4.79 Å². The minimum absolute atomic E-state index is 0.0748. The Balaban J connectivity index is 0.000000219. The fourth-order valence-electron chi connectivity index (χ4n) is 2.66. The third-order valence-electron chi connectivity index (χ3n) is 3.81. The number of benzene rings is 2. The zero-order valence-corrected chi connectivity index (χ0v) is 17.0. The standard InChI is InChI=1S/C11H16NO4P.C9H8S/c1-9-3-2-4-10(5-9)6-11(12-8-13)7-16-17(14)15;1-7-6-8-4-2-3-5-9(8)10-7/h2-5,8,11,14-15H,6-7H2,1H3,(H,12,13);2-6H,1H3. The molecule has 0 aliphatic rings. The normalized spacial score (nSPS) is 11.7. The van der Waals surface area contributed by atoms with E-state index in [9.17, 15) is 4.79 Å². The minimum atomic E-state index is -2.38. The summed E-state index contributed by atoms with van der Waals surface area (Å²) in [5, 5.41) is 3.95. The molecule has 0 saturated heterocycles. The number of hydrogen-bond donors (Lipinski definition) is 3. The quantitative estimate of drug-likeness (QED) is 0.409. The molecule has 0 radical (unpaired) electrons. The smallest absolute Gasteiger partial charge is 0.327 e. The summed E-state index contributed by atoms with van der Waals surface area (Å²) in [6.45, 7) is 4.21. The average Bonchev–Trinajstić information content (AvgIpc) is 3.00. The van der Waals surface area contributed by atoms with Crippen LogP contribution in [0.25, 0.3) is 10.1 Å². The molecule has 0 fully saturated rings. The van der Waals surface area contributed by atoms with Crippen LogP contribution in [-0.4, -0.2) is 28.8 Å². The minimum Gasteiger partial charge on any atom is -0.353 e. The van der Waals surface area contributed by atoms with Gasteiger partial charge >= 0.3 is 8.60 Å². The SMILES string of the molecule is Cc1cc2ccccc2s1.Cc1cccc(CC(COP(O)O)NC=O)c1. The predicted octanol–water partition coefficient (Wildman–Crippen LogP) is 4.09. The summed E-state index contributed by atoms with van der Waals surface area (Å²) in [6, 6.07) is 18.3. The van der Waals surface area contributed by atoms with E-state index in [0.29, 0.717) is 12.8 Å². The van der Waals surface area contributed by atoms with Crippen molar-refractivity contribution in [2.45, 2.75) is 26.3 Å². The van der Waals surface area contributed by atoms with E-state index in [-0.39, 0.29) is 12.6 Å². The maximum Gasteiger partial charge on any atom is 0.327 e. The lowest BCUT2D eigenvalue weighted by atomic mass is 10.0. The molecule has 2 aromatic carbocycles. The van der Waals surface area contributed by atoms with Gasteiger partial charge in [0.15, 0.2) is 0 Å². The van der Waals surface area contributed by atoms with Crippen LogP contribution in [0.5, 0.6) is 0 Å². The molecule has 7 heteroatoms. The molecule has 3 aromatic rings. The van der Waals surface area contributed by atoms with Crippen molar-refractivity contribution in [2.75, 3.05) is 6.61 Å². The van der Waals surface area contributed by atoms with Crippen molar-refractivity contribution in [3.05, 3.63) is 70.6 Å². The first-order chi connectivity index (χ1) is 13.0. The second-order valence-electron chi connectivity index (χ2n) is 6.12. The van der Waals surface area contributed by atoms with Crippen molar-refractivity contribution >= 4 is 36.4 Å². The van der Waals surface area contributed by atoms with Crippen molar-refractivity contribution in [3.8, 4) is 0 Å². The fraction of sp³-hybridized carbons (Fsp3) is 0.250. The van der Waals surface area contributed by atoms with E-state index < -0.39 is 8.60 Å². The number of hydrogen-bond acceptors (Lipinski definition) is 5. The monoisotopic (exact) mass is 405 g/mol. The molecule has 0 spiro atoms. The number of aryl methyl sites for hydroxylation is 2.